The lowest BCUT2D eigenvalue weighted by Crippen LogP contribution is -2.52. The van der Waals surface area contributed by atoms with Crippen LogP contribution in [0.5, 0.6) is 5.75 Å². The number of amides is 3. The Morgan fingerprint density at radius 1 is 1.38 bits per heavy atom. The van der Waals surface area contributed by atoms with Crippen LogP contribution < -0.4 is 15.4 Å². The van der Waals surface area contributed by atoms with Crippen molar-refractivity contribution in [2.75, 3.05) is 20.2 Å². The van der Waals surface area contributed by atoms with Gasteiger partial charge in [-0.1, -0.05) is 19.9 Å². The lowest BCUT2D eigenvalue weighted by Gasteiger charge is -2.30. The predicted octanol–water partition coefficient (Wildman–Crippen LogP) is 1.81. The number of ether oxygens (including phenoxy) is 1. The van der Waals surface area contributed by atoms with Gasteiger partial charge in [-0.05, 0) is 48.3 Å². The van der Waals surface area contributed by atoms with Crippen LogP contribution in [0.2, 0.25) is 0 Å². The fourth-order valence-electron chi connectivity index (χ4n) is 5.93. The summed E-state index contributed by atoms with van der Waals surface area (Å²) in [6, 6.07) is 8.00. The third-order valence-corrected chi connectivity index (χ3v) is 7.97. The first-order chi connectivity index (χ1) is 16.3. The molecule has 1 aromatic carbocycles. The average Bonchev–Trinajstić information content (AvgIpc) is 3.33. The molecular weight excluding hydrogens is 434 g/mol. The molecule has 0 spiro atoms. The zero-order valence-corrected chi connectivity index (χ0v) is 19.6. The van der Waals surface area contributed by atoms with Crippen molar-refractivity contribution in [1.29, 1.82) is 5.26 Å². The van der Waals surface area contributed by atoms with E-state index < -0.39 is 12.1 Å². The first-order valence-electron chi connectivity index (χ1n) is 11.7. The zero-order chi connectivity index (χ0) is 24.2. The van der Waals surface area contributed by atoms with Crippen LogP contribution in [0.25, 0.3) is 10.9 Å². The molecule has 0 bridgehead atoms. The summed E-state index contributed by atoms with van der Waals surface area (Å²) in [5, 5.41) is 16.0. The minimum Gasteiger partial charge on any atom is -0.496 e. The number of aromatic nitrogens is 1. The number of H-pyrrole nitrogens is 1. The summed E-state index contributed by atoms with van der Waals surface area (Å²) in [5.74, 6) is -0.00490. The molecule has 2 aliphatic heterocycles. The number of carbonyl (C=O) groups is 3. The molecule has 178 valence electrons. The third-order valence-electron chi connectivity index (χ3n) is 7.97. The van der Waals surface area contributed by atoms with Crippen molar-refractivity contribution in [3.8, 4) is 11.8 Å². The largest absolute Gasteiger partial charge is 0.496 e. The second-order valence-corrected chi connectivity index (χ2v) is 10.2. The van der Waals surface area contributed by atoms with E-state index in [-0.39, 0.29) is 47.3 Å². The Morgan fingerprint density at radius 2 is 2.18 bits per heavy atom. The van der Waals surface area contributed by atoms with Gasteiger partial charge >= 0.3 is 0 Å². The summed E-state index contributed by atoms with van der Waals surface area (Å²) in [7, 11) is 1.58. The molecule has 0 radical (unpaired) electrons. The number of hydrogen-bond donors (Lipinski definition) is 3. The van der Waals surface area contributed by atoms with Crippen molar-refractivity contribution in [2.45, 2.75) is 38.8 Å². The van der Waals surface area contributed by atoms with Crippen LogP contribution in [0, 0.1) is 34.5 Å². The number of nitrogens with zero attached hydrogens (tertiary/aromatic N) is 2. The number of rotatable bonds is 6. The van der Waals surface area contributed by atoms with Crippen LogP contribution in [0.3, 0.4) is 0 Å². The number of methoxy groups -OCH3 is 1. The Balaban J connectivity index is 1.37. The maximum absolute atomic E-state index is 13.5. The molecule has 3 N–H and O–H groups in total. The van der Waals surface area contributed by atoms with Crippen LogP contribution in [0.1, 0.15) is 37.2 Å². The maximum atomic E-state index is 13.5. The van der Waals surface area contributed by atoms with E-state index in [0.717, 1.165) is 10.9 Å². The van der Waals surface area contributed by atoms with Crippen molar-refractivity contribution in [3.05, 3.63) is 30.0 Å². The van der Waals surface area contributed by atoms with Crippen LogP contribution in [0.4, 0.5) is 0 Å². The average molecular weight is 464 g/mol. The fraction of sp³-hybridized carbons (Fsp3) is 0.520. The predicted molar refractivity (Wildman–Crippen MR) is 124 cm³/mol. The molecule has 3 fully saturated rings. The van der Waals surface area contributed by atoms with Crippen LogP contribution >= 0.6 is 0 Å². The summed E-state index contributed by atoms with van der Waals surface area (Å²) >= 11 is 0. The fourth-order valence-corrected chi connectivity index (χ4v) is 5.93. The number of nitrogens with one attached hydrogen (secondary N) is 3. The standard InChI is InChI=1S/C25H29N5O4/c1-25(2)16-12-30(24(33)18-10-15-17(29-18)5-4-6-19(15)34-3)21(20(16)25)23(32)28-14(11-26)9-13-7-8-27-22(13)31/h4-6,10,13-14,16,20-21,29H,7-9,12H2,1-3H3,(H,27,31)(H,28,32)/t13-,14?,16-,20?,21-/m0/s1. The molecule has 9 heteroatoms. The number of likely N-dealkylation sites (tertiary alicyclic amines) is 1. The van der Waals surface area contributed by atoms with Gasteiger partial charge in [-0.3, -0.25) is 14.4 Å². The van der Waals surface area contributed by atoms with Gasteiger partial charge < -0.3 is 25.3 Å². The number of piperidine rings is 1. The number of fused-ring (bicyclic) bond motifs is 2. The molecular formula is C25H29N5O4. The second kappa shape index (κ2) is 8.05. The highest BCUT2D eigenvalue weighted by molar-refractivity contribution is 6.02. The van der Waals surface area contributed by atoms with E-state index in [0.29, 0.717) is 31.0 Å². The lowest BCUT2D eigenvalue weighted by atomic mass is 9.97. The van der Waals surface area contributed by atoms with Crippen LogP contribution in [-0.2, 0) is 9.59 Å². The SMILES string of the molecule is COc1cccc2[nH]c(C(=O)N3C[C@H]4C([C@H]3C(=O)NC(C#N)C[C@@H]3CCNC3=O)C4(C)C)cc12. The first-order valence-corrected chi connectivity index (χ1v) is 11.7. The van der Waals surface area contributed by atoms with E-state index in [4.69, 9.17) is 4.74 Å². The van der Waals surface area contributed by atoms with Gasteiger partial charge in [-0.25, -0.2) is 0 Å². The van der Waals surface area contributed by atoms with Gasteiger partial charge in [0.25, 0.3) is 5.91 Å². The Labute approximate surface area is 197 Å². The topological polar surface area (TPSA) is 127 Å². The second-order valence-electron chi connectivity index (χ2n) is 10.2. The van der Waals surface area contributed by atoms with E-state index >= 15 is 0 Å². The van der Waals surface area contributed by atoms with Gasteiger partial charge in [-0.2, -0.15) is 5.26 Å². The number of aromatic amines is 1. The Kier molecular flexibility index (Phi) is 5.27. The first kappa shape index (κ1) is 22.3. The molecule has 9 nitrogen and oxygen atoms in total. The normalized spacial score (nSPS) is 27.6. The minimum atomic E-state index is -0.781. The summed E-state index contributed by atoms with van der Waals surface area (Å²) in [5.41, 5.74) is 1.14. The van der Waals surface area contributed by atoms with Gasteiger partial charge in [0.2, 0.25) is 11.8 Å². The lowest BCUT2D eigenvalue weighted by molar-refractivity contribution is -0.127. The van der Waals surface area contributed by atoms with Crippen molar-refractivity contribution in [2.24, 2.45) is 23.2 Å². The highest BCUT2D eigenvalue weighted by Gasteiger charge is 2.69. The Bertz CT molecular complexity index is 1210. The molecule has 3 amide bonds. The molecule has 3 aliphatic rings. The van der Waals surface area contributed by atoms with E-state index in [1.807, 2.05) is 18.2 Å². The minimum absolute atomic E-state index is 0.0319. The van der Waals surface area contributed by atoms with Crippen molar-refractivity contribution in [1.82, 2.24) is 20.5 Å². The molecule has 1 saturated carbocycles. The monoisotopic (exact) mass is 463 g/mol. The molecule has 2 unspecified atom stereocenters. The van der Waals surface area contributed by atoms with Crippen molar-refractivity contribution in [3.63, 3.8) is 0 Å². The van der Waals surface area contributed by atoms with Gasteiger partial charge in [-0.15, -0.1) is 0 Å². The van der Waals surface area contributed by atoms with E-state index in [1.54, 1.807) is 18.1 Å². The van der Waals surface area contributed by atoms with Gasteiger partial charge in [0.05, 0.1) is 13.2 Å². The molecule has 5 atom stereocenters. The molecule has 3 heterocycles. The molecule has 34 heavy (non-hydrogen) atoms. The van der Waals surface area contributed by atoms with Gasteiger partial charge in [0.15, 0.2) is 0 Å². The highest BCUT2D eigenvalue weighted by atomic mass is 16.5. The molecule has 1 aromatic heterocycles. The van der Waals surface area contributed by atoms with Gasteiger partial charge in [0, 0.05) is 29.9 Å². The van der Waals surface area contributed by atoms with Crippen LogP contribution in [0.15, 0.2) is 24.3 Å². The Hall–Kier alpha value is -3.54. The maximum Gasteiger partial charge on any atom is 0.271 e. The summed E-state index contributed by atoms with van der Waals surface area (Å²) in [6.45, 7) is 5.31. The van der Waals surface area contributed by atoms with E-state index in [2.05, 4.69) is 35.5 Å². The highest BCUT2D eigenvalue weighted by Crippen LogP contribution is 2.65. The summed E-state index contributed by atoms with van der Waals surface area (Å²) in [4.78, 5) is 43.7. The van der Waals surface area contributed by atoms with Crippen LogP contribution in [-0.4, -0.2) is 59.9 Å². The van der Waals surface area contributed by atoms with Crippen molar-refractivity contribution >= 4 is 28.6 Å². The number of benzene rings is 1. The van der Waals surface area contributed by atoms with E-state index in [9.17, 15) is 19.6 Å². The molecule has 2 saturated heterocycles. The smallest absolute Gasteiger partial charge is 0.271 e. The number of carbonyl (C=O) groups excluding carboxylic acids is 3. The third kappa shape index (κ3) is 3.49. The molecule has 2 aromatic rings. The van der Waals surface area contributed by atoms with E-state index in [1.165, 1.54) is 0 Å². The molecule has 5 rings (SSSR count). The quantitative estimate of drug-likeness (QED) is 0.602. The summed E-state index contributed by atoms with van der Waals surface area (Å²) in [6.07, 6.45) is 0.927. The number of nitriles is 1. The summed E-state index contributed by atoms with van der Waals surface area (Å²) < 4.78 is 5.41. The van der Waals surface area contributed by atoms with Crippen molar-refractivity contribution < 1.29 is 19.1 Å². The number of hydrogen-bond acceptors (Lipinski definition) is 5. The Morgan fingerprint density at radius 3 is 2.85 bits per heavy atom. The van der Waals surface area contributed by atoms with Gasteiger partial charge in [0.1, 0.15) is 23.5 Å². The zero-order valence-electron chi connectivity index (χ0n) is 19.6. The molecule has 1 aliphatic carbocycles.